The molecule has 2 unspecified atom stereocenters. The summed E-state index contributed by atoms with van der Waals surface area (Å²) in [6.07, 6.45) is 5.94. The molecule has 2 atom stereocenters. The summed E-state index contributed by atoms with van der Waals surface area (Å²) < 4.78 is 8.15. The number of nitrogens with zero attached hydrogens (tertiary/aromatic N) is 1. The summed E-state index contributed by atoms with van der Waals surface area (Å²) in [6, 6.07) is 3.77. The van der Waals surface area contributed by atoms with Crippen LogP contribution >= 0.6 is 15.9 Å². The third kappa shape index (κ3) is 5.28. The summed E-state index contributed by atoms with van der Waals surface area (Å²) in [5, 5.41) is 0. The van der Waals surface area contributed by atoms with E-state index in [-0.39, 0.29) is 36.6 Å². The predicted octanol–water partition coefficient (Wildman–Crippen LogP) is 0.0677. The van der Waals surface area contributed by atoms with E-state index in [0.717, 1.165) is 17.3 Å². The largest absolute Gasteiger partial charge is 1.00 e. The fraction of sp³-hybridized carbons (Fsp3) is 0.588. The number of hydrogen-bond acceptors (Lipinski definition) is 3. The van der Waals surface area contributed by atoms with Crippen molar-refractivity contribution < 1.29 is 31.3 Å². The molecule has 0 N–H and O–H groups in total. The monoisotopic (exact) mass is 403 g/mol. The van der Waals surface area contributed by atoms with Gasteiger partial charge in [0.05, 0.1) is 10.4 Å². The topological polar surface area (TPSA) is 47.2 Å². The summed E-state index contributed by atoms with van der Waals surface area (Å²) in [6.45, 7) is 6.21. The molecule has 4 nitrogen and oxygen atoms in total. The normalized spacial score (nSPS) is 23.5. The summed E-state index contributed by atoms with van der Waals surface area (Å²) in [5.41, 5.74) is -0.992. The van der Waals surface area contributed by atoms with Crippen molar-refractivity contribution in [3.63, 3.8) is 0 Å². The third-order valence-corrected chi connectivity index (χ3v) is 4.59. The van der Waals surface area contributed by atoms with Gasteiger partial charge >= 0.3 is 5.97 Å². The van der Waals surface area contributed by atoms with Gasteiger partial charge in [-0.1, -0.05) is 20.3 Å². The average Bonchev–Trinajstić information content (AvgIpc) is 2.72. The number of ether oxygens (including phenoxy) is 1. The van der Waals surface area contributed by atoms with Gasteiger partial charge in [0.25, 0.3) is 0 Å². The molecule has 1 aliphatic heterocycles. The second-order valence-corrected chi connectivity index (χ2v) is 7.56. The number of Topliss-reactive ketones (excluding diaryl/α,β-unsaturated/α-hetero) is 1. The van der Waals surface area contributed by atoms with Crippen LogP contribution in [-0.4, -0.2) is 17.4 Å². The minimum Gasteiger partial charge on any atom is -1.00 e. The zero-order valence-corrected chi connectivity index (χ0v) is 16.1. The lowest BCUT2D eigenvalue weighted by Crippen LogP contribution is -3.00. The van der Waals surface area contributed by atoms with Crippen molar-refractivity contribution in [2.45, 2.75) is 52.2 Å². The number of carbonyl (C=O) groups is 2. The minimum atomic E-state index is -0.992. The van der Waals surface area contributed by atoms with Crippen molar-refractivity contribution in [2.75, 3.05) is 0 Å². The van der Waals surface area contributed by atoms with Gasteiger partial charge in [0.2, 0.25) is 12.3 Å². The van der Waals surface area contributed by atoms with Crippen LogP contribution in [0.2, 0.25) is 0 Å². The summed E-state index contributed by atoms with van der Waals surface area (Å²) in [7, 11) is 0. The van der Waals surface area contributed by atoms with E-state index in [4.69, 9.17) is 4.74 Å². The number of rotatable bonds is 6. The van der Waals surface area contributed by atoms with Gasteiger partial charge < -0.3 is 17.1 Å². The van der Waals surface area contributed by atoms with Crippen LogP contribution in [0.15, 0.2) is 29.0 Å². The highest BCUT2D eigenvalue weighted by atomic mass is 79.9. The van der Waals surface area contributed by atoms with Gasteiger partial charge in [0.1, 0.15) is 0 Å². The standard InChI is InChI=1S/C17H23BrNO3.ClH/c1-12(2)6-7-13-9-17(3,22-16(13)21)15(20)11-19-8-4-5-14(18)10-19;/h4-5,8,10,12-13H,6-7,9,11H2,1-3H3;1H/q+1;/p-1. The molecule has 0 amide bonds. The lowest BCUT2D eigenvalue weighted by molar-refractivity contribution is -0.685. The van der Waals surface area contributed by atoms with E-state index in [9.17, 15) is 9.59 Å². The van der Waals surface area contributed by atoms with E-state index in [2.05, 4.69) is 29.8 Å². The zero-order chi connectivity index (χ0) is 16.3. The Balaban J connectivity index is 0.00000264. The highest BCUT2D eigenvalue weighted by Gasteiger charge is 2.49. The molecule has 1 saturated heterocycles. The molecule has 0 saturated carbocycles. The first kappa shape index (κ1) is 20.1. The average molecular weight is 405 g/mol. The number of carbonyl (C=O) groups excluding carboxylic acids is 2. The van der Waals surface area contributed by atoms with Crippen LogP contribution in [0.3, 0.4) is 0 Å². The van der Waals surface area contributed by atoms with Gasteiger partial charge in [0, 0.05) is 12.5 Å². The second kappa shape index (κ2) is 8.25. The number of cyclic esters (lactones) is 1. The van der Waals surface area contributed by atoms with Gasteiger partial charge in [-0.2, -0.15) is 4.57 Å². The molecular formula is C17H23BrClNO3. The lowest BCUT2D eigenvalue weighted by Gasteiger charge is -2.19. The fourth-order valence-electron chi connectivity index (χ4n) is 2.75. The van der Waals surface area contributed by atoms with E-state index in [1.54, 1.807) is 11.5 Å². The molecule has 1 aliphatic rings. The number of pyridine rings is 1. The quantitative estimate of drug-likeness (QED) is 0.498. The van der Waals surface area contributed by atoms with Gasteiger partial charge in [-0.15, -0.1) is 0 Å². The first-order chi connectivity index (χ1) is 10.3. The Morgan fingerprint density at radius 1 is 1.52 bits per heavy atom. The van der Waals surface area contributed by atoms with Gasteiger partial charge in [-0.3, -0.25) is 9.59 Å². The summed E-state index contributed by atoms with van der Waals surface area (Å²) in [5.74, 6) is 0.114. The van der Waals surface area contributed by atoms with Crippen molar-refractivity contribution in [2.24, 2.45) is 11.8 Å². The highest BCUT2D eigenvalue weighted by Crippen LogP contribution is 2.35. The molecule has 2 rings (SSSR count). The van der Waals surface area contributed by atoms with Crippen molar-refractivity contribution in [3.8, 4) is 0 Å². The van der Waals surface area contributed by atoms with E-state index < -0.39 is 5.60 Å². The Labute approximate surface area is 152 Å². The Morgan fingerprint density at radius 2 is 2.22 bits per heavy atom. The van der Waals surface area contributed by atoms with E-state index >= 15 is 0 Å². The molecule has 0 aromatic carbocycles. The molecule has 0 radical (unpaired) electrons. The van der Waals surface area contributed by atoms with Crippen LogP contribution < -0.4 is 17.0 Å². The van der Waals surface area contributed by atoms with E-state index in [0.29, 0.717) is 12.3 Å². The van der Waals surface area contributed by atoms with Crippen molar-refractivity contribution in [3.05, 3.63) is 29.0 Å². The van der Waals surface area contributed by atoms with Crippen molar-refractivity contribution in [1.82, 2.24) is 0 Å². The maximum atomic E-state index is 12.6. The maximum Gasteiger partial charge on any atom is 0.310 e. The molecule has 0 bridgehead atoms. The van der Waals surface area contributed by atoms with Crippen LogP contribution in [-0.2, 0) is 20.9 Å². The highest BCUT2D eigenvalue weighted by molar-refractivity contribution is 9.10. The molecule has 2 heterocycles. The molecule has 128 valence electrons. The number of aromatic nitrogens is 1. The van der Waals surface area contributed by atoms with Crippen LogP contribution in [0.4, 0.5) is 0 Å². The number of esters is 1. The zero-order valence-electron chi connectivity index (χ0n) is 13.7. The molecule has 1 aromatic heterocycles. The number of ketones is 1. The minimum absolute atomic E-state index is 0. The fourth-order valence-corrected chi connectivity index (χ4v) is 3.16. The molecule has 0 aliphatic carbocycles. The molecule has 1 fully saturated rings. The van der Waals surface area contributed by atoms with Crippen LogP contribution in [0, 0.1) is 11.8 Å². The maximum absolute atomic E-state index is 12.6. The van der Waals surface area contributed by atoms with Gasteiger partial charge in [-0.05, 0) is 41.3 Å². The van der Waals surface area contributed by atoms with Crippen LogP contribution in [0.5, 0.6) is 0 Å². The Hall–Kier alpha value is -0.940. The third-order valence-electron chi connectivity index (χ3n) is 4.13. The van der Waals surface area contributed by atoms with E-state index in [1.807, 2.05) is 24.5 Å². The van der Waals surface area contributed by atoms with E-state index in [1.165, 1.54) is 0 Å². The summed E-state index contributed by atoms with van der Waals surface area (Å²) >= 11 is 3.38. The summed E-state index contributed by atoms with van der Waals surface area (Å²) in [4.78, 5) is 24.6. The Bertz CT molecular complexity index is 579. The Kier molecular flexibility index (Phi) is 7.21. The molecular weight excluding hydrogens is 382 g/mol. The SMILES string of the molecule is CC(C)CCC1CC(C)(C(=O)C[n+]2cccc(Br)c2)OC1=O.[Cl-]. The van der Waals surface area contributed by atoms with Crippen LogP contribution in [0.1, 0.15) is 40.0 Å². The van der Waals surface area contributed by atoms with Gasteiger partial charge in [-0.25, -0.2) is 0 Å². The Morgan fingerprint density at radius 3 is 2.83 bits per heavy atom. The molecule has 23 heavy (non-hydrogen) atoms. The van der Waals surface area contributed by atoms with Crippen molar-refractivity contribution in [1.29, 1.82) is 0 Å². The number of halogens is 2. The second-order valence-electron chi connectivity index (χ2n) is 6.64. The smallest absolute Gasteiger partial charge is 0.310 e. The molecule has 1 aromatic rings. The first-order valence-corrected chi connectivity index (χ1v) is 8.50. The predicted molar refractivity (Wildman–Crippen MR) is 86.0 cm³/mol. The lowest BCUT2D eigenvalue weighted by atomic mass is 9.88. The first-order valence-electron chi connectivity index (χ1n) is 7.71. The van der Waals surface area contributed by atoms with Crippen molar-refractivity contribution >= 4 is 27.7 Å². The van der Waals surface area contributed by atoms with Crippen LogP contribution in [0.25, 0.3) is 0 Å². The molecule has 0 spiro atoms. The van der Waals surface area contributed by atoms with Gasteiger partial charge in [0.15, 0.2) is 18.0 Å². The number of hydrogen-bond donors (Lipinski definition) is 0. The molecule has 6 heteroatoms.